The van der Waals surface area contributed by atoms with E-state index in [9.17, 15) is 9.59 Å². The van der Waals surface area contributed by atoms with Crippen molar-refractivity contribution in [3.63, 3.8) is 0 Å². The average molecular weight is 375 g/mol. The van der Waals surface area contributed by atoms with E-state index in [0.29, 0.717) is 34.8 Å². The number of nitrogens with two attached hydrogens (primary N) is 1. The molecule has 0 atom stereocenters. The lowest BCUT2D eigenvalue weighted by Gasteiger charge is -2.19. The van der Waals surface area contributed by atoms with E-state index in [2.05, 4.69) is 5.32 Å². The van der Waals surface area contributed by atoms with Crippen molar-refractivity contribution in [1.29, 1.82) is 0 Å². The number of ether oxygens (including phenoxy) is 1. The normalized spacial score (nSPS) is 11.1. The van der Waals surface area contributed by atoms with Gasteiger partial charge in [0.15, 0.2) is 5.78 Å². The highest BCUT2D eigenvalue weighted by Crippen LogP contribution is 2.23. The first-order valence-electron chi connectivity index (χ1n) is 8.32. The van der Waals surface area contributed by atoms with Crippen molar-refractivity contribution in [3.8, 4) is 0 Å². The Bertz CT molecular complexity index is 813. The zero-order valence-corrected chi connectivity index (χ0v) is 15.9. The summed E-state index contributed by atoms with van der Waals surface area (Å²) in [4.78, 5) is 24.6. The van der Waals surface area contributed by atoms with Gasteiger partial charge in [-0.05, 0) is 51.0 Å². The Morgan fingerprint density at radius 1 is 1.12 bits per heavy atom. The molecule has 0 aliphatic rings. The molecule has 1 amide bonds. The van der Waals surface area contributed by atoms with Crippen LogP contribution in [0.25, 0.3) is 0 Å². The largest absolute Gasteiger partial charge is 0.444 e. The van der Waals surface area contributed by atoms with Gasteiger partial charge in [0.05, 0.1) is 0 Å². The molecule has 3 N–H and O–H groups in total. The molecule has 0 saturated heterocycles. The van der Waals surface area contributed by atoms with Crippen LogP contribution < -0.4 is 11.1 Å². The summed E-state index contributed by atoms with van der Waals surface area (Å²) in [6, 6.07) is 12.1. The maximum atomic E-state index is 12.9. The third-order valence-electron chi connectivity index (χ3n) is 3.58. The Balaban J connectivity index is 2.11. The SMILES string of the molecule is CC(C)(C)OC(=O)NCCc1ccccc1C(=O)c1cc(Cl)ccc1N. The van der Waals surface area contributed by atoms with Gasteiger partial charge in [-0.15, -0.1) is 0 Å². The first-order valence-corrected chi connectivity index (χ1v) is 8.69. The van der Waals surface area contributed by atoms with Crippen LogP contribution in [0.2, 0.25) is 5.02 Å². The molecule has 26 heavy (non-hydrogen) atoms. The van der Waals surface area contributed by atoms with Crippen molar-refractivity contribution >= 4 is 29.2 Å². The van der Waals surface area contributed by atoms with Crippen molar-refractivity contribution in [3.05, 3.63) is 64.2 Å². The zero-order valence-electron chi connectivity index (χ0n) is 15.1. The summed E-state index contributed by atoms with van der Waals surface area (Å²) in [6.45, 7) is 5.76. The minimum absolute atomic E-state index is 0.196. The van der Waals surface area contributed by atoms with Gasteiger partial charge in [0.2, 0.25) is 0 Å². The monoisotopic (exact) mass is 374 g/mol. The van der Waals surface area contributed by atoms with Gasteiger partial charge in [-0.25, -0.2) is 4.79 Å². The first kappa shape index (κ1) is 19.8. The quantitative estimate of drug-likeness (QED) is 0.606. The molecule has 2 aromatic rings. The minimum atomic E-state index is -0.554. The van der Waals surface area contributed by atoms with Crippen LogP contribution in [0, 0.1) is 0 Å². The number of carbonyl (C=O) groups is 2. The summed E-state index contributed by atoms with van der Waals surface area (Å²) in [5.41, 5.74) is 7.46. The first-order chi connectivity index (χ1) is 12.2. The molecular weight excluding hydrogens is 352 g/mol. The molecule has 0 unspecified atom stereocenters. The summed E-state index contributed by atoms with van der Waals surface area (Å²) < 4.78 is 5.20. The van der Waals surface area contributed by atoms with E-state index < -0.39 is 11.7 Å². The van der Waals surface area contributed by atoms with Crippen molar-refractivity contribution in [2.75, 3.05) is 12.3 Å². The molecule has 0 radical (unpaired) electrons. The van der Waals surface area contributed by atoms with Crippen LogP contribution in [-0.2, 0) is 11.2 Å². The second-order valence-electron chi connectivity index (χ2n) is 6.90. The highest BCUT2D eigenvalue weighted by atomic mass is 35.5. The average Bonchev–Trinajstić information content (AvgIpc) is 2.55. The Hall–Kier alpha value is -2.53. The van der Waals surface area contributed by atoms with Crippen molar-refractivity contribution in [2.45, 2.75) is 32.8 Å². The molecule has 0 heterocycles. The number of hydrogen-bond donors (Lipinski definition) is 2. The van der Waals surface area contributed by atoms with Crippen LogP contribution in [-0.4, -0.2) is 24.0 Å². The van der Waals surface area contributed by atoms with Crippen LogP contribution in [0.4, 0.5) is 10.5 Å². The summed E-state index contributed by atoms with van der Waals surface area (Å²) in [6.07, 6.45) is 0.00198. The molecule has 138 valence electrons. The molecular formula is C20H23ClN2O3. The van der Waals surface area contributed by atoms with Gasteiger partial charge in [-0.3, -0.25) is 4.79 Å². The van der Waals surface area contributed by atoms with Gasteiger partial charge in [0.25, 0.3) is 0 Å². The molecule has 0 aliphatic heterocycles. The fourth-order valence-corrected chi connectivity index (χ4v) is 2.62. The highest BCUT2D eigenvalue weighted by Gasteiger charge is 2.18. The molecule has 0 spiro atoms. The van der Waals surface area contributed by atoms with Crippen LogP contribution in [0.15, 0.2) is 42.5 Å². The topological polar surface area (TPSA) is 81.4 Å². The second-order valence-corrected chi connectivity index (χ2v) is 7.33. The molecule has 0 aromatic heterocycles. The smallest absolute Gasteiger partial charge is 0.407 e. The van der Waals surface area contributed by atoms with Gasteiger partial charge in [0, 0.05) is 28.4 Å². The molecule has 0 bridgehead atoms. The molecule has 2 aromatic carbocycles. The molecule has 0 fully saturated rings. The standard InChI is InChI=1S/C20H23ClN2O3/c1-20(2,3)26-19(25)23-11-10-13-6-4-5-7-15(13)18(24)16-12-14(21)8-9-17(16)22/h4-9,12H,10-11,22H2,1-3H3,(H,23,25). The molecule has 2 rings (SSSR count). The maximum Gasteiger partial charge on any atom is 0.407 e. The van der Waals surface area contributed by atoms with Crippen LogP contribution in [0.1, 0.15) is 42.3 Å². The summed E-state index contributed by atoms with van der Waals surface area (Å²) in [5.74, 6) is -0.196. The fourth-order valence-electron chi connectivity index (χ4n) is 2.44. The van der Waals surface area contributed by atoms with E-state index in [-0.39, 0.29) is 5.78 Å². The maximum absolute atomic E-state index is 12.9. The number of ketones is 1. The zero-order chi connectivity index (χ0) is 19.3. The highest BCUT2D eigenvalue weighted by molar-refractivity contribution is 6.31. The lowest BCUT2D eigenvalue weighted by Crippen LogP contribution is -2.33. The van der Waals surface area contributed by atoms with Gasteiger partial charge in [-0.1, -0.05) is 35.9 Å². The summed E-state index contributed by atoms with van der Waals surface area (Å²) in [5, 5.41) is 3.15. The summed E-state index contributed by atoms with van der Waals surface area (Å²) in [7, 11) is 0. The number of rotatable bonds is 5. The third kappa shape index (κ3) is 5.49. The number of hydrogen-bond acceptors (Lipinski definition) is 4. The predicted octanol–water partition coefficient (Wildman–Crippen LogP) is 4.22. The van der Waals surface area contributed by atoms with E-state index >= 15 is 0 Å². The number of halogens is 1. The minimum Gasteiger partial charge on any atom is -0.444 e. The van der Waals surface area contributed by atoms with Crippen LogP contribution in [0.5, 0.6) is 0 Å². The van der Waals surface area contributed by atoms with Crippen LogP contribution >= 0.6 is 11.6 Å². The Morgan fingerprint density at radius 2 is 1.81 bits per heavy atom. The molecule has 0 aliphatic carbocycles. The number of anilines is 1. The lowest BCUT2D eigenvalue weighted by molar-refractivity contribution is 0.0528. The molecule has 0 saturated carbocycles. The number of amides is 1. The Kier molecular flexibility index (Phi) is 6.27. The second kappa shape index (κ2) is 8.23. The third-order valence-corrected chi connectivity index (χ3v) is 3.82. The fraction of sp³-hybridized carbons (Fsp3) is 0.300. The summed E-state index contributed by atoms with van der Waals surface area (Å²) >= 11 is 5.99. The number of nitrogens with one attached hydrogen (secondary N) is 1. The van der Waals surface area contributed by atoms with Crippen LogP contribution in [0.3, 0.4) is 0 Å². The van der Waals surface area contributed by atoms with Gasteiger partial charge in [0.1, 0.15) is 5.60 Å². The predicted molar refractivity (Wildman–Crippen MR) is 104 cm³/mol. The van der Waals surface area contributed by atoms with E-state index in [1.807, 2.05) is 12.1 Å². The van der Waals surface area contributed by atoms with E-state index in [4.69, 9.17) is 22.1 Å². The Morgan fingerprint density at radius 3 is 2.50 bits per heavy atom. The number of benzene rings is 2. The molecule has 5 nitrogen and oxygen atoms in total. The van der Waals surface area contributed by atoms with Crippen molar-refractivity contribution in [2.24, 2.45) is 0 Å². The van der Waals surface area contributed by atoms with Crippen molar-refractivity contribution < 1.29 is 14.3 Å². The number of nitrogen functional groups attached to an aromatic ring is 1. The van der Waals surface area contributed by atoms with Gasteiger partial charge < -0.3 is 15.8 Å². The molecule has 6 heteroatoms. The lowest BCUT2D eigenvalue weighted by atomic mass is 9.96. The number of alkyl carbamates (subject to hydrolysis) is 1. The van der Waals surface area contributed by atoms with E-state index in [1.54, 1.807) is 51.1 Å². The van der Waals surface area contributed by atoms with Gasteiger partial charge in [-0.2, -0.15) is 0 Å². The van der Waals surface area contributed by atoms with E-state index in [1.165, 1.54) is 0 Å². The Labute approximate surface area is 158 Å². The van der Waals surface area contributed by atoms with Crippen molar-refractivity contribution in [1.82, 2.24) is 5.32 Å². The number of carbonyl (C=O) groups excluding carboxylic acids is 2. The van der Waals surface area contributed by atoms with E-state index in [0.717, 1.165) is 5.56 Å². The van der Waals surface area contributed by atoms with Gasteiger partial charge >= 0.3 is 6.09 Å².